The van der Waals surface area contributed by atoms with Gasteiger partial charge in [-0.25, -0.2) is 9.50 Å². The average Bonchev–Trinajstić information content (AvgIpc) is 2.77. The number of aryl methyl sites for hydroxylation is 1. The highest BCUT2D eigenvalue weighted by Gasteiger charge is 2.26. The summed E-state index contributed by atoms with van der Waals surface area (Å²) in [6.45, 7) is 7.63. The monoisotopic (exact) mass is 272 g/mol. The normalized spacial score (nSPS) is 19.6. The van der Waals surface area contributed by atoms with Crippen molar-refractivity contribution in [2.45, 2.75) is 59.0 Å². The number of rotatable bonds is 3. The lowest BCUT2D eigenvalue weighted by Gasteiger charge is -2.34. The summed E-state index contributed by atoms with van der Waals surface area (Å²) in [7, 11) is 0. The predicted molar refractivity (Wildman–Crippen MR) is 80.6 cm³/mol. The number of aromatic nitrogens is 3. The zero-order valence-corrected chi connectivity index (χ0v) is 12.7. The maximum atomic E-state index is 4.45. The molecule has 0 saturated heterocycles. The van der Waals surface area contributed by atoms with Crippen LogP contribution in [0.3, 0.4) is 0 Å². The summed E-state index contributed by atoms with van der Waals surface area (Å²) in [6, 6.07) is 2.65. The number of nitrogens with zero attached hydrogens (tertiary/aromatic N) is 3. The highest BCUT2D eigenvalue weighted by atomic mass is 15.2. The zero-order chi connectivity index (χ0) is 14.2. The smallest absolute Gasteiger partial charge is 0.155 e. The molecule has 4 nitrogen and oxygen atoms in total. The Morgan fingerprint density at radius 2 is 2.10 bits per heavy atom. The highest BCUT2D eigenvalue weighted by Crippen LogP contribution is 2.35. The molecule has 2 aromatic heterocycles. The van der Waals surface area contributed by atoms with Crippen LogP contribution in [-0.2, 0) is 6.54 Å². The van der Waals surface area contributed by atoms with Crippen LogP contribution in [0.5, 0.6) is 0 Å². The number of nitrogens with one attached hydrogen (secondary N) is 1. The van der Waals surface area contributed by atoms with Gasteiger partial charge < -0.3 is 5.32 Å². The molecule has 0 bridgehead atoms. The molecule has 1 aliphatic rings. The van der Waals surface area contributed by atoms with Crippen molar-refractivity contribution in [3.63, 3.8) is 0 Å². The van der Waals surface area contributed by atoms with Gasteiger partial charge in [-0.05, 0) is 38.0 Å². The molecule has 0 radical (unpaired) electrons. The Morgan fingerprint density at radius 1 is 1.35 bits per heavy atom. The molecule has 0 unspecified atom stereocenters. The van der Waals surface area contributed by atoms with E-state index in [0.29, 0.717) is 11.5 Å². The van der Waals surface area contributed by atoms with Crippen molar-refractivity contribution < 1.29 is 0 Å². The van der Waals surface area contributed by atoms with Crippen LogP contribution in [0.1, 0.15) is 50.8 Å². The van der Waals surface area contributed by atoms with E-state index in [4.69, 9.17) is 0 Å². The van der Waals surface area contributed by atoms with Gasteiger partial charge in [0.25, 0.3) is 0 Å². The topological polar surface area (TPSA) is 42.2 Å². The van der Waals surface area contributed by atoms with Crippen LogP contribution in [-0.4, -0.2) is 20.6 Å². The molecule has 1 saturated carbocycles. The van der Waals surface area contributed by atoms with Gasteiger partial charge in [0.2, 0.25) is 0 Å². The average molecular weight is 272 g/mol. The molecule has 20 heavy (non-hydrogen) atoms. The second kappa shape index (κ2) is 5.17. The second-order valence-corrected chi connectivity index (χ2v) is 6.87. The van der Waals surface area contributed by atoms with E-state index >= 15 is 0 Å². The fourth-order valence-corrected chi connectivity index (χ4v) is 2.99. The van der Waals surface area contributed by atoms with Gasteiger partial charge in [-0.2, -0.15) is 5.10 Å². The minimum Gasteiger partial charge on any atom is -0.310 e. The molecule has 4 heteroatoms. The Balaban J connectivity index is 1.60. The van der Waals surface area contributed by atoms with Crippen molar-refractivity contribution in [3.8, 4) is 0 Å². The van der Waals surface area contributed by atoms with Crippen molar-refractivity contribution in [1.82, 2.24) is 19.9 Å². The fraction of sp³-hybridized carbons (Fsp3) is 0.625. The van der Waals surface area contributed by atoms with Crippen LogP contribution >= 0.6 is 0 Å². The molecule has 1 fully saturated rings. The van der Waals surface area contributed by atoms with E-state index < -0.39 is 0 Å². The minimum atomic E-state index is 0.533. The third-order valence-electron chi connectivity index (χ3n) is 4.42. The Morgan fingerprint density at radius 3 is 2.85 bits per heavy atom. The van der Waals surface area contributed by atoms with E-state index in [1.165, 1.54) is 31.2 Å². The molecule has 1 N–H and O–H groups in total. The first kappa shape index (κ1) is 13.6. The Bertz CT molecular complexity index is 590. The summed E-state index contributed by atoms with van der Waals surface area (Å²) in [5.74, 6) is 0. The van der Waals surface area contributed by atoms with Crippen molar-refractivity contribution in [3.05, 3.63) is 29.7 Å². The summed E-state index contributed by atoms with van der Waals surface area (Å²) in [5.41, 5.74) is 3.67. The molecule has 1 aliphatic carbocycles. The fourth-order valence-electron chi connectivity index (χ4n) is 2.99. The van der Waals surface area contributed by atoms with E-state index in [-0.39, 0.29) is 0 Å². The van der Waals surface area contributed by atoms with Crippen LogP contribution in [0.25, 0.3) is 5.65 Å². The third-order valence-corrected chi connectivity index (χ3v) is 4.42. The second-order valence-electron chi connectivity index (χ2n) is 6.87. The third kappa shape index (κ3) is 3.01. The Labute approximate surface area is 120 Å². The molecule has 0 atom stereocenters. The molecule has 108 valence electrons. The van der Waals surface area contributed by atoms with E-state index in [2.05, 4.69) is 35.4 Å². The quantitative estimate of drug-likeness (QED) is 0.933. The maximum Gasteiger partial charge on any atom is 0.155 e. The molecule has 2 aromatic rings. The number of fused-ring (bicyclic) bond motifs is 1. The molecule has 3 rings (SSSR count). The first-order chi connectivity index (χ1) is 9.52. The predicted octanol–water partition coefficient (Wildman–Crippen LogP) is 3.10. The molecular formula is C16H24N4. The van der Waals surface area contributed by atoms with Crippen LogP contribution in [0.4, 0.5) is 0 Å². The summed E-state index contributed by atoms with van der Waals surface area (Å²) < 4.78 is 1.87. The standard InChI is InChI=1S/C16H24N4/c1-12-8-15-18-10-13(11-20(15)19-12)9-17-14-4-6-16(2,3)7-5-14/h8,10-11,14,17H,4-7,9H2,1-3H3. The highest BCUT2D eigenvalue weighted by molar-refractivity contribution is 5.38. The molecule has 0 aromatic carbocycles. The first-order valence-electron chi connectivity index (χ1n) is 7.56. The largest absolute Gasteiger partial charge is 0.310 e. The van der Waals surface area contributed by atoms with Crippen molar-refractivity contribution >= 4 is 5.65 Å². The Kier molecular flexibility index (Phi) is 3.50. The summed E-state index contributed by atoms with van der Waals surface area (Å²) in [6.07, 6.45) is 9.24. The van der Waals surface area contributed by atoms with Gasteiger partial charge in [-0.15, -0.1) is 0 Å². The molecule has 0 spiro atoms. The van der Waals surface area contributed by atoms with Crippen LogP contribution in [0.15, 0.2) is 18.5 Å². The number of hydrogen-bond donors (Lipinski definition) is 1. The maximum absolute atomic E-state index is 4.45. The van der Waals surface area contributed by atoms with Gasteiger partial charge in [0.15, 0.2) is 5.65 Å². The Hall–Kier alpha value is -1.42. The zero-order valence-electron chi connectivity index (χ0n) is 12.7. The van der Waals surface area contributed by atoms with Gasteiger partial charge in [0.1, 0.15) is 0 Å². The lowest BCUT2D eigenvalue weighted by atomic mass is 9.75. The minimum absolute atomic E-state index is 0.533. The first-order valence-corrected chi connectivity index (χ1v) is 7.56. The van der Waals surface area contributed by atoms with Crippen molar-refractivity contribution in [1.29, 1.82) is 0 Å². The lowest BCUT2D eigenvalue weighted by molar-refractivity contribution is 0.206. The SMILES string of the molecule is Cc1cc2ncc(CNC3CCC(C)(C)CC3)cn2n1. The van der Waals surface area contributed by atoms with Crippen LogP contribution < -0.4 is 5.32 Å². The van der Waals surface area contributed by atoms with Crippen molar-refractivity contribution in [2.24, 2.45) is 5.41 Å². The van der Waals surface area contributed by atoms with Gasteiger partial charge in [-0.1, -0.05) is 13.8 Å². The van der Waals surface area contributed by atoms with Crippen LogP contribution in [0, 0.1) is 12.3 Å². The number of hydrogen-bond acceptors (Lipinski definition) is 3. The van der Waals surface area contributed by atoms with Crippen LogP contribution in [0.2, 0.25) is 0 Å². The van der Waals surface area contributed by atoms with Crippen molar-refractivity contribution in [2.75, 3.05) is 0 Å². The summed E-state index contributed by atoms with van der Waals surface area (Å²) in [4.78, 5) is 4.45. The van der Waals surface area contributed by atoms with E-state index in [0.717, 1.165) is 17.9 Å². The molecule has 0 amide bonds. The van der Waals surface area contributed by atoms with E-state index in [9.17, 15) is 0 Å². The van der Waals surface area contributed by atoms with Gasteiger partial charge >= 0.3 is 0 Å². The lowest BCUT2D eigenvalue weighted by Crippen LogP contribution is -2.35. The molecular weight excluding hydrogens is 248 g/mol. The molecule has 0 aliphatic heterocycles. The van der Waals surface area contributed by atoms with E-state index in [1.54, 1.807) is 0 Å². The molecule has 2 heterocycles. The summed E-state index contributed by atoms with van der Waals surface area (Å²) in [5, 5.41) is 8.08. The summed E-state index contributed by atoms with van der Waals surface area (Å²) >= 11 is 0. The van der Waals surface area contributed by atoms with Gasteiger partial charge in [0, 0.05) is 36.6 Å². The van der Waals surface area contributed by atoms with Gasteiger partial charge in [-0.3, -0.25) is 0 Å². The van der Waals surface area contributed by atoms with Gasteiger partial charge in [0.05, 0.1) is 5.69 Å². The van der Waals surface area contributed by atoms with E-state index in [1.807, 2.05) is 23.7 Å².